The summed E-state index contributed by atoms with van der Waals surface area (Å²) in [5.74, 6) is -0.320. The minimum absolute atomic E-state index is 0.282. The Hall–Kier alpha value is -1.05. The van der Waals surface area contributed by atoms with Crippen molar-refractivity contribution in [2.24, 2.45) is 0 Å². The zero-order valence-electron chi connectivity index (χ0n) is 5.89. The number of anilines is 1. The van der Waals surface area contributed by atoms with Gasteiger partial charge in [0.15, 0.2) is 0 Å². The average Bonchev–Trinajstić information content (AvgIpc) is 1.95. The van der Waals surface area contributed by atoms with Crippen LogP contribution in [0.3, 0.4) is 0 Å². The molecule has 1 aromatic rings. The fraction of sp³-hybridized carbons (Fsp3) is 0.250. The molecule has 10 heavy (non-hydrogen) atoms. The molecule has 0 aliphatic rings. The highest BCUT2D eigenvalue weighted by Gasteiger charge is 1.99. The highest BCUT2D eigenvalue weighted by molar-refractivity contribution is 5.47. The monoisotopic (exact) mass is 139 g/mol. The van der Waals surface area contributed by atoms with Crippen LogP contribution in [0, 0.1) is 5.82 Å². The normalized spacial score (nSPS) is 9.80. The molecular formula is C8H10FN. The molecule has 1 aromatic carbocycles. The molecule has 1 rings (SSSR count). The average molecular weight is 139 g/mol. The third kappa shape index (κ3) is 1.10. The Balaban J connectivity index is 3.14. The molecule has 0 saturated heterocycles. The van der Waals surface area contributed by atoms with Gasteiger partial charge < -0.3 is 5.73 Å². The predicted octanol–water partition coefficient (Wildman–Crippen LogP) is 1.97. The van der Waals surface area contributed by atoms with E-state index in [1.807, 2.05) is 13.0 Å². The molecule has 0 amide bonds. The quantitative estimate of drug-likeness (QED) is 0.591. The second-order valence-corrected chi connectivity index (χ2v) is 2.17. The second kappa shape index (κ2) is 2.69. The van der Waals surface area contributed by atoms with Gasteiger partial charge in [0, 0.05) is 0 Å². The summed E-state index contributed by atoms with van der Waals surface area (Å²) in [5.41, 5.74) is 6.58. The first-order valence-electron chi connectivity index (χ1n) is 3.28. The number of halogens is 1. The van der Waals surface area contributed by atoms with Gasteiger partial charge in [-0.15, -0.1) is 0 Å². The molecule has 2 heteroatoms. The van der Waals surface area contributed by atoms with Crippen LogP contribution in [0.5, 0.6) is 0 Å². The lowest BCUT2D eigenvalue weighted by Gasteiger charge is -2.01. The van der Waals surface area contributed by atoms with Gasteiger partial charge in [0.1, 0.15) is 5.82 Å². The Morgan fingerprint density at radius 2 is 2.20 bits per heavy atom. The van der Waals surface area contributed by atoms with E-state index < -0.39 is 0 Å². The number of benzene rings is 1. The van der Waals surface area contributed by atoms with Crippen molar-refractivity contribution in [3.8, 4) is 0 Å². The van der Waals surface area contributed by atoms with Gasteiger partial charge in [-0.2, -0.15) is 0 Å². The molecule has 0 heterocycles. The molecule has 54 valence electrons. The van der Waals surface area contributed by atoms with E-state index in [1.165, 1.54) is 6.07 Å². The standard InChI is InChI=1S/C8H10FN/c1-2-6-4-3-5-7(9)8(6)10/h3-5H,2,10H2,1H3. The van der Waals surface area contributed by atoms with Crippen molar-refractivity contribution < 1.29 is 4.39 Å². The molecule has 0 aliphatic carbocycles. The van der Waals surface area contributed by atoms with Gasteiger partial charge in [-0.05, 0) is 18.1 Å². The van der Waals surface area contributed by atoms with Crippen molar-refractivity contribution in [1.82, 2.24) is 0 Å². The van der Waals surface area contributed by atoms with Crippen molar-refractivity contribution in [3.05, 3.63) is 29.6 Å². The fourth-order valence-corrected chi connectivity index (χ4v) is 0.890. The third-order valence-electron chi connectivity index (χ3n) is 1.52. The Morgan fingerprint density at radius 3 is 2.70 bits per heavy atom. The van der Waals surface area contributed by atoms with Crippen LogP contribution in [-0.2, 0) is 6.42 Å². The Kier molecular flexibility index (Phi) is 1.90. The molecule has 0 unspecified atom stereocenters. The molecule has 0 bridgehead atoms. The summed E-state index contributed by atoms with van der Waals surface area (Å²) in [6.07, 6.45) is 0.781. The highest BCUT2D eigenvalue weighted by Crippen LogP contribution is 2.15. The third-order valence-corrected chi connectivity index (χ3v) is 1.52. The van der Waals surface area contributed by atoms with Crippen LogP contribution >= 0.6 is 0 Å². The Bertz CT molecular complexity index is 233. The molecule has 0 aromatic heterocycles. The maximum Gasteiger partial charge on any atom is 0.146 e. The number of nitrogens with two attached hydrogens (primary N) is 1. The van der Waals surface area contributed by atoms with Gasteiger partial charge in [0.05, 0.1) is 5.69 Å². The predicted molar refractivity (Wildman–Crippen MR) is 40.2 cm³/mol. The van der Waals surface area contributed by atoms with Crippen molar-refractivity contribution in [3.63, 3.8) is 0 Å². The zero-order valence-corrected chi connectivity index (χ0v) is 5.89. The van der Waals surface area contributed by atoms with E-state index in [1.54, 1.807) is 6.07 Å². The lowest BCUT2D eigenvalue weighted by molar-refractivity contribution is 0.631. The van der Waals surface area contributed by atoms with Crippen molar-refractivity contribution in [2.75, 3.05) is 5.73 Å². The molecule has 0 saturated carbocycles. The van der Waals surface area contributed by atoms with Gasteiger partial charge in [-0.25, -0.2) is 4.39 Å². The molecule has 0 aliphatic heterocycles. The zero-order chi connectivity index (χ0) is 7.56. The first kappa shape index (κ1) is 7.06. The van der Waals surface area contributed by atoms with Crippen LogP contribution in [0.1, 0.15) is 12.5 Å². The number of rotatable bonds is 1. The lowest BCUT2D eigenvalue weighted by Crippen LogP contribution is -1.95. The van der Waals surface area contributed by atoms with E-state index in [4.69, 9.17) is 5.73 Å². The summed E-state index contributed by atoms with van der Waals surface area (Å²) >= 11 is 0. The molecule has 0 atom stereocenters. The van der Waals surface area contributed by atoms with Crippen molar-refractivity contribution in [2.45, 2.75) is 13.3 Å². The van der Waals surface area contributed by atoms with Crippen LogP contribution in [0.2, 0.25) is 0 Å². The maximum atomic E-state index is 12.6. The van der Waals surface area contributed by atoms with Crippen LogP contribution in [0.4, 0.5) is 10.1 Å². The van der Waals surface area contributed by atoms with Crippen LogP contribution < -0.4 is 5.73 Å². The minimum Gasteiger partial charge on any atom is -0.396 e. The van der Waals surface area contributed by atoms with E-state index in [0.717, 1.165) is 12.0 Å². The largest absolute Gasteiger partial charge is 0.396 e. The van der Waals surface area contributed by atoms with E-state index in [2.05, 4.69) is 0 Å². The van der Waals surface area contributed by atoms with Gasteiger partial charge in [0.2, 0.25) is 0 Å². The van der Waals surface area contributed by atoms with Gasteiger partial charge >= 0.3 is 0 Å². The fourth-order valence-electron chi connectivity index (χ4n) is 0.890. The first-order chi connectivity index (χ1) is 4.75. The summed E-state index contributed by atoms with van der Waals surface area (Å²) in [4.78, 5) is 0. The van der Waals surface area contributed by atoms with Crippen molar-refractivity contribution >= 4 is 5.69 Å². The topological polar surface area (TPSA) is 26.0 Å². The van der Waals surface area contributed by atoms with E-state index in [-0.39, 0.29) is 11.5 Å². The number of para-hydroxylation sites is 1. The molecule has 0 fully saturated rings. The molecule has 0 spiro atoms. The number of hydrogen-bond donors (Lipinski definition) is 1. The van der Waals surface area contributed by atoms with Crippen LogP contribution in [0.25, 0.3) is 0 Å². The molecular weight excluding hydrogens is 129 g/mol. The van der Waals surface area contributed by atoms with E-state index in [0.29, 0.717) is 0 Å². The maximum absolute atomic E-state index is 12.6. The summed E-state index contributed by atoms with van der Waals surface area (Å²) in [7, 11) is 0. The molecule has 2 N–H and O–H groups in total. The molecule has 0 radical (unpaired) electrons. The lowest BCUT2D eigenvalue weighted by atomic mass is 10.1. The van der Waals surface area contributed by atoms with E-state index >= 15 is 0 Å². The highest BCUT2D eigenvalue weighted by atomic mass is 19.1. The van der Waals surface area contributed by atoms with E-state index in [9.17, 15) is 4.39 Å². The Labute approximate surface area is 59.7 Å². The summed E-state index contributed by atoms with van der Waals surface area (Å²) in [5, 5.41) is 0. The van der Waals surface area contributed by atoms with Gasteiger partial charge in [-0.1, -0.05) is 19.1 Å². The number of nitrogen functional groups attached to an aromatic ring is 1. The SMILES string of the molecule is CCc1cccc(F)c1N. The summed E-state index contributed by atoms with van der Waals surface area (Å²) < 4.78 is 12.6. The summed E-state index contributed by atoms with van der Waals surface area (Å²) in [6, 6.07) is 4.87. The van der Waals surface area contributed by atoms with Crippen LogP contribution in [0.15, 0.2) is 18.2 Å². The van der Waals surface area contributed by atoms with Crippen LogP contribution in [-0.4, -0.2) is 0 Å². The van der Waals surface area contributed by atoms with Gasteiger partial charge in [0.25, 0.3) is 0 Å². The summed E-state index contributed by atoms with van der Waals surface area (Å²) in [6.45, 7) is 1.95. The first-order valence-corrected chi connectivity index (χ1v) is 3.28. The molecule has 1 nitrogen and oxygen atoms in total. The second-order valence-electron chi connectivity index (χ2n) is 2.17. The smallest absolute Gasteiger partial charge is 0.146 e. The number of aryl methyl sites for hydroxylation is 1. The minimum atomic E-state index is -0.320. The van der Waals surface area contributed by atoms with Crippen molar-refractivity contribution in [1.29, 1.82) is 0 Å². The number of hydrogen-bond acceptors (Lipinski definition) is 1. The Morgan fingerprint density at radius 1 is 1.50 bits per heavy atom. The van der Waals surface area contributed by atoms with Gasteiger partial charge in [-0.3, -0.25) is 0 Å².